The number of para-hydroxylation sites is 1. The molecule has 1 fully saturated rings. The predicted octanol–water partition coefficient (Wildman–Crippen LogP) is 3.55. The molecule has 0 bridgehead atoms. The van der Waals surface area contributed by atoms with Crippen LogP contribution in [-0.2, 0) is 5.88 Å². The summed E-state index contributed by atoms with van der Waals surface area (Å²) in [5, 5.41) is 3.02. The molecule has 0 amide bonds. The van der Waals surface area contributed by atoms with E-state index in [9.17, 15) is 0 Å². The van der Waals surface area contributed by atoms with Crippen molar-refractivity contribution < 1.29 is 0 Å². The molecule has 18 heavy (non-hydrogen) atoms. The number of aromatic nitrogens is 2. The minimum Gasteiger partial charge on any atom is -0.311 e. The SMILES string of the molecule is ClCc1nc2c(Cl)cccc2n1N1CCCCC1. The summed E-state index contributed by atoms with van der Waals surface area (Å²) in [5.41, 5.74) is 1.90. The summed E-state index contributed by atoms with van der Waals surface area (Å²) in [5.74, 6) is 1.28. The van der Waals surface area contributed by atoms with Crippen molar-refractivity contribution in [2.45, 2.75) is 25.1 Å². The number of hydrogen-bond donors (Lipinski definition) is 0. The Balaban J connectivity index is 2.16. The maximum absolute atomic E-state index is 6.20. The van der Waals surface area contributed by atoms with E-state index in [2.05, 4.69) is 20.7 Å². The lowest BCUT2D eigenvalue weighted by Gasteiger charge is -2.31. The highest BCUT2D eigenvalue weighted by Gasteiger charge is 2.18. The summed E-state index contributed by atoms with van der Waals surface area (Å²) in [6, 6.07) is 5.89. The van der Waals surface area contributed by atoms with Gasteiger partial charge in [-0.05, 0) is 31.4 Å². The molecule has 96 valence electrons. The van der Waals surface area contributed by atoms with Crippen LogP contribution in [-0.4, -0.2) is 22.7 Å². The maximum Gasteiger partial charge on any atom is 0.143 e. The third kappa shape index (κ3) is 1.95. The zero-order valence-electron chi connectivity index (χ0n) is 10.1. The Morgan fingerprint density at radius 1 is 1.17 bits per heavy atom. The number of imidazole rings is 1. The molecule has 2 aromatic rings. The van der Waals surface area contributed by atoms with E-state index in [0.717, 1.165) is 29.9 Å². The summed E-state index contributed by atoms with van der Waals surface area (Å²) < 4.78 is 2.15. The second-order valence-electron chi connectivity index (χ2n) is 4.60. The van der Waals surface area contributed by atoms with Gasteiger partial charge >= 0.3 is 0 Å². The molecule has 1 aromatic heterocycles. The zero-order valence-corrected chi connectivity index (χ0v) is 11.6. The number of hydrogen-bond acceptors (Lipinski definition) is 2. The van der Waals surface area contributed by atoms with Crippen LogP contribution in [0.5, 0.6) is 0 Å². The maximum atomic E-state index is 6.20. The molecule has 2 heterocycles. The first-order valence-electron chi connectivity index (χ1n) is 6.28. The van der Waals surface area contributed by atoms with Crippen molar-refractivity contribution in [3.63, 3.8) is 0 Å². The van der Waals surface area contributed by atoms with E-state index in [0.29, 0.717) is 10.9 Å². The standard InChI is InChI=1S/C13H15Cl2N3/c14-9-12-16-13-10(15)5-4-6-11(13)18(12)17-7-2-1-3-8-17/h4-6H,1-3,7-9H2. The topological polar surface area (TPSA) is 21.1 Å². The molecule has 0 saturated carbocycles. The largest absolute Gasteiger partial charge is 0.311 e. The highest BCUT2D eigenvalue weighted by Crippen LogP contribution is 2.25. The van der Waals surface area contributed by atoms with Gasteiger partial charge in [0.15, 0.2) is 0 Å². The predicted molar refractivity (Wildman–Crippen MR) is 76.1 cm³/mol. The Labute approximate surface area is 116 Å². The van der Waals surface area contributed by atoms with Gasteiger partial charge in [-0.3, -0.25) is 0 Å². The van der Waals surface area contributed by atoms with Gasteiger partial charge in [-0.25, -0.2) is 9.66 Å². The molecule has 0 N–H and O–H groups in total. The molecular formula is C13H15Cl2N3. The van der Waals surface area contributed by atoms with Gasteiger partial charge in [-0.1, -0.05) is 17.7 Å². The zero-order chi connectivity index (χ0) is 12.5. The Bertz CT molecular complexity index is 559. The fourth-order valence-electron chi connectivity index (χ4n) is 2.58. The van der Waals surface area contributed by atoms with E-state index < -0.39 is 0 Å². The third-order valence-electron chi connectivity index (χ3n) is 3.41. The molecule has 1 aliphatic heterocycles. The van der Waals surface area contributed by atoms with Crippen molar-refractivity contribution in [3.8, 4) is 0 Å². The van der Waals surface area contributed by atoms with Gasteiger partial charge in [0.25, 0.3) is 0 Å². The van der Waals surface area contributed by atoms with E-state index in [4.69, 9.17) is 23.2 Å². The lowest BCUT2D eigenvalue weighted by atomic mass is 10.2. The van der Waals surface area contributed by atoms with Gasteiger partial charge in [0, 0.05) is 13.1 Å². The third-order valence-corrected chi connectivity index (χ3v) is 3.96. The number of nitrogens with zero attached hydrogens (tertiary/aromatic N) is 3. The summed E-state index contributed by atoms with van der Waals surface area (Å²) >= 11 is 12.2. The van der Waals surface area contributed by atoms with Crippen molar-refractivity contribution in [2.75, 3.05) is 18.1 Å². The molecular weight excluding hydrogens is 269 g/mol. The Morgan fingerprint density at radius 2 is 1.94 bits per heavy atom. The van der Waals surface area contributed by atoms with Crippen LogP contribution in [0.15, 0.2) is 18.2 Å². The molecule has 0 radical (unpaired) electrons. The second kappa shape index (κ2) is 4.98. The first kappa shape index (κ1) is 12.1. The Kier molecular flexibility index (Phi) is 3.35. The molecule has 0 unspecified atom stereocenters. The van der Waals surface area contributed by atoms with Gasteiger partial charge < -0.3 is 5.01 Å². The molecule has 3 nitrogen and oxygen atoms in total. The quantitative estimate of drug-likeness (QED) is 0.786. The minimum atomic E-state index is 0.404. The molecule has 1 aliphatic rings. The van der Waals surface area contributed by atoms with Crippen LogP contribution in [0, 0.1) is 0 Å². The lowest BCUT2D eigenvalue weighted by Crippen LogP contribution is -2.39. The molecule has 3 rings (SSSR count). The molecule has 1 aromatic carbocycles. The van der Waals surface area contributed by atoms with Crippen LogP contribution in [0.1, 0.15) is 25.1 Å². The first-order valence-corrected chi connectivity index (χ1v) is 7.19. The number of alkyl halides is 1. The van der Waals surface area contributed by atoms with Crippen molar-refractivity contribution in [2.24, 2.45) is 0 Å². The number of piperidine rings is 1. The second-order valence-corrected chi connectivity index (χ2v) is 5.27. The van der Waals surface area contributed by atoms with Crippen LogP contribution >= 0.6 is 23.2 Å². The van der Waals surface area contributed by atoms with Gasteiger partial charge in [-0.2, -0.15) is 0 Å². The van der Waals surface area contributed by atoms with Gasteiger partial charge in [0.1, 0.15) is 11.3 Å². The smallest absolute Gasteiger partial charge is 0.143 e. The average Bonchev–Trinajstić information content (AvgIpc) is 2.80. The Morgan fingerprint density at radius 3 is 2.67 bits per heavy atom. The number of halogens is 2. The summed E-state index contributed by atoms with van der Waals surface area (Å²) in [6.45, 7) is 2.11. The van der Waals surface area contributed by atoms with E-state index in [1.54, 1.807) is 0 Å². The van der Waals surface area contributed by atoms with Crippen LogP contribution in [0.4, 0.5) is 0 Å². The van der Waals surface area contributed by atoms with Crippen molar-refractivity contribution in [1.82, 2.24) is 9.66 Å². The molecule has 0 spiro atoms. The molecule has 0 atom stereocenters. The lowest BCUT2D eigenvalue weighted by molar-refractivity contribution is 0.478. The van der Waals surface area contributed by atoms with Crippen LogP contribution < -0.4 is 5.01 Å². The fraction of sp³-hybridized carbons (Fsp3) is 0.462. The molecule has 0 aliphatic carbocycles. The van der Waals surface area contributed by atoms with Crippen LogP contribution in [0.25, 0.3) is 11.0 Å². The van der Waals surface area contributed by atoms with Crippen LogP contribution in [0.3, 0.4) is 0 Å². The van der Waals surface area contributed by atoms with Crippen molar-refractivity contribution in [1.29, 1.82) is 0 Å². The number of benzene rings is 1. The highest BCUT2D eigenvalue weighted by molar-refractivity contribution is 6.35. The molecule has 1 saturated heterocycles. The van der Waals surface area contributed by atoms with Gasteiger partial charge in [0.2, 0.25) is 0 Å². The van der Waals surface area contributed by atoms with E-state index in [1.807, 2.05) is 12.1 Å². The summed E-state index contributed by atoms with van der Waals surface area (Å²) in [4.78, 5) is 4.56. The van der Waals surface area contributed by atoms with Crippen LogP contribution in [0.2, 0.25) is 5.02 Å². The summed E-state index contributed by atoms with van der Waals surface area (Å²) in [6.07, 6.45) is 3.75. The minimum absolute atomic E-state index is 0.404. The van der Waals surface area contributed by atoms with Crippen molar-refractivity contribution in [3.05, 3.63) is 29.0 Å². The fourth-order valence-corrected chi connectivity index (χ4v) is 2.97. The van der Waals surface area contributed by atoms with Crippen molar-refractivity contribution >= 4 is 34.2 Å². The monoisotopic (exact) mass is 283 g/mol. The number of fused-ring (bicyclic) bond motifs is 1. The van der Waals surface area contributed by atoms with E-state index in [1.165, 1.54) is 19.3 Å². The average molecular weight is 284 g/mol. The summed E-state index contributed by atoms with van der Waals surface area (Å²) in [7, 11) is 0. The highest BCUT2D eigenvalue weighted by atomic mass is 35.5. The first-order chi connectivity index (χ1) is 8.81. The number of rotatable bonds is 2. The van der Waals surface area contributed by atoms with E-state index in [-0.39, 0.29) is 0 Å². The van der Waals surface area contributed by atoms with E-state index >= 15 is 0 Å². The molecule has 5 heteroatoms. The van der Waals surface area contributed by atoms with Gasteiger partial charge in [0.05, 0.1) is 16.4 Å². The van der Waals surface area contributed by atoms with Gasteiger partial charge in [-0.15, -0.1) is 11.6 Å². The normalized spacial score (nSPS) is 16.4. The Hall–Kier alpha value is -0.930.